The first kappa shape index (κ1) is 26.5. The van der Waals surface area contributed by atoms with Crippen LogP contribution in [0.5, 0.6) is 0 Å². The Morgan fingerprint density at radius 3 is 1.45 bits per heavy atom. The summed E-state index contributed by atoms with van der Waals surface area (Å²) in [5, 5.41) is 12.9. The number of fused-ring (bicyclic) bond motifs is 7. The van der Waals surface area contributed by atoms with E-state index in [0.29, 0.717) is 0 Å². The van der Waals surface area contributed by atoms with Gasteiger partial charge in [0.05, 0.1) is 0 Å². The van der Waals surface area contributed by atoms with Crippen LogP contribution in [0, 0.1) is 0 Å². The van der Waals surface area contributed by atoms with E-state index in [9.17, 15) is 0 Å². The highest BCUT2D eigenvalue weighted by Crippen LogP contribution is 2.46. The van der Waals surface area contributed by atoms with Gasteiger partial charge in [0.1, 0.15) is 0 Å². The molecule has 0 unspecified atom stereocenters. The predicted molar refractivity (Wildman–Crippen MR) is 206 cm³/mol. The monoisotopic (exact) mass is 612 g/mol. The van der Waals surface area contributed by atoms with Gasteiger partial charge in [0.25, 0.3) is 0 Å². The fourth-order valence-corrected chi connectivity index (χ4v) is 8.84. The molecule has 0 aliphatic carbocycles. The molecule has 47 heavy (non-hydrogen) atoms. The predicted octanol–water partition coefficient (Wildman–Crippen LogP) is 13.7. The largest absolute Gasteiger partial charge is 0.135 e. The average molecular weight is 613 g/mol. The van der Waals surface area contributed by atoms with Crippen molar-refractivity contribution in [2.24, 2.45) is 0 Å². The summed E-state index contributed by atoms with van der Waals surface area (Å²) in [5.41, 5.74) is 7.60. The molecule has 9 aromatic carbocycles. The van der Waals surface area contributed by atoms with Crippen molar-refractivity contribution < 1.29 is 0 Å². The minimum absolute atomic E-state index is 1.24. The van der Waals surface area contributed by atoms with Gasteiger partial charge >= 0.3 is 0 Å². The van der Waals surface area contributed by atoms with Gasteiger partial charge in [-0.3, -0.25) is 0 Å². The van der Waals surface area contributed by atoms with Crippen LogP contribution in [0.15, 0.2) is 170 Å². The van der Waals surface area contributed by atoms with Crippen LogP contribution in [0.2, 0.25) is 0 Å². The first-order valence-electron chi connectivity index (χ1n) is 16.2. The standard InChI is InChI=1S/C46H28S/c1-2-12-33-27-44-42(26-32(33)11-1)37-25-24-34(28-43(37)47-44)46-40-17-7-5-15-38(40)45(39-16-6-8-18-41(39)46)31-22-20-30(21-23-31)36-19-9-13-29-10-3-4-14-35(29)36/h1-28H. The van der Waals surface area contributed by atoms with E-state index < -0.39 is 0 Å². The van der Waals surface area contributed by atoms with Gasteiger partial charge in [-0.15, -0.1) is 11.3 Å². The topological polar surface area (TPSA) is 0 Å². The zero-order chi connectivity index (χ0) is 30.9. The average Bonchev–Trinajstić information content (AvgIpc) is 3.49. The highest BCUT2D eigenvalue weighted by atomic mass is 32.1. The Morgan fingerprint density at radius 1 is 0.277 bits per heavy atom. The first-order chi connectivity index (χ1) is 23.3. The van der Waals surface area contributed by atoms with Crippen molar-refractivity contribution in [1.82, 2.24) is 0 Å². The Hall–Kier alpha value is -5.76. The maximum atomic E-state index is 2.41. The second-order valence-corrected chi connectivity index (χ2v) is 13.5. The van der Waals surface area contributed by atoms with Gasteiger partial charge in [-0.25, -0.2) is 0 Å². The number of hydrogen-bond acceptors (Lipinski definition) is 1. The molecule has 0 fully saturated rings. The Morgan fingerprint density at radius 2 is 0.766 bits per heavy atom. The van der Waals surface area contributed by atoms with E-state index in [2.05, 4.69) is 170 Å². The molecule has 10 rings (SSSR count). The molecule has 0 aliphatic heterocycles. The van der Waals surface area contributed by atoms with Crippen LogP contribution in [-0.4, -0.2) is 0 Å². The fourth-order valence-electron chi connectivity index (χ4n) is 7.66. The Balaban J connectivity index is 1.17. The van der Waals surface area contributed by atoms with Crippen molar-refractivity contribution in [3.8, 4) is 33.4 Å². The van der Waals surface area contributed by atoms with Gasteiger partial charge in [-0.2, -0.15) is 0 Å². The Bertz CT molecular complexity index is 2770. The van der Waals surface area contributed by atoms with Gasteiger partial charge < -0.3 is 0 Å². The molecule has 0 saturated heterocycles. The first-order valence-corrected chi connectivity index (χ1v) is 17.0. The van der Waals surface area contributed by atoms with Crippen molar-refractivity contribution in [2.45, 2.75) is 0 Å². The molecule has 0 saturated carbocycles. The molecule has 1 heteroatoms. The molecule has 0 amide bonds. The summed E-state index contributed by atoms with van der Waals surface area (Å²) in [6, 6.07) is 62.7. The van der Waals surface area contributed by atoms with Crippen LogP contribution in [0.3, 0.4) is 0 Å². The van der Waals surface area contributed by atoms with Crippen LogP contribution in [-0.2, 0) is 0 Å². The summed E-state index contributed by atoms with van der Waals surface area (Å²) in [4.78, 5) is 0. The molecule has 0 radical (unpaired) electrons. The highest BCUT2D eigenvalue weighted by Gasteiger charge is 2.18. The molecule has 0 spiro atoms. The van der Waals surface area contributed by atoms with Gasteiger partial charge in [0, 0.05) is 20.2 Å². The van der Waals surface area contributed by atoms with Crippen LogP contribution in [0.25, 0.3) is 96.6 Å². The fraction of sp³-hybridized carbons (Fsp3) is 0. The van der Waals surface area contributed by atoms with E-state index in [0.717, 1.165) is 0 Å². The molecule has 218 valence electrons. The lowest BCUT2D eigenvalue weighted by Crippen LogP contribution is -1.91. The normalized spacial score (nSPS) is 11.8. The molecule has 0 atom stereocenters. The minimum atomic E-state index is 1.24. The van der Waals surface area contributed by atoms with Gasteiger partial charge in [0.15, 0.2) is 0 Å². The van der Waals surface area contributed by atoms with Crippen LogP contribution in [0.1, 0.15) is 0 Å². The number of rotatable bonds is 3. The van der Waals surface area contributed by atoms with Crippen molar-refractivity contribution >= 4 is 74.6 Å². The number of hydrogen-bond donors (Lipinski definition) is 0. The van der Waals surface area contributed by atoms with Gasteiger partial charge in [-0.1, -0.05) is 152 Å². The third-order valence-electron chi connectivity index (χ3n) is 9.83. The van der Waals surface area contributed by atoms with Gasteiger partial charge in [0.2, 0.25) is 0 Å². The summed E-state index contributed by atoms with van der Waals surface area (Å²) in [6.07, 6.45) is 0. The van der Waals surface area contributed by atoms with Crippen molar-refractivity contribution in [3.05, 3.63) is 170 Å². The SMILES string of the molecule is c1ccc2cc3c(cc2c1)sc1cc(-c2c4ccccc4c(-c4ccc(-c5cccc6ccccc56)cc4)c4ccccc24)ccc13. The van der Waals surface area contributed by atoms with E-state index >= 15 is 0 Å². The van der Waals surface area contributed by atoms with Gasteiger partial charge in [-0.05, 0) is 94.7 Å². The smallest absolute Gasteiger partial charge is 0.0361 e. The Labute approximate surface area is 276 Å². The lowest BCUT2D eigenvalue weighted by molar-refractivity contribution is 1.63. The summed E-state index contributed by atoms with van der Waals surface area (Å²) in [7, 11) is 0. The lowest BCUT2D eigenvalue weighted by Gasteiger charge is -2.18. The molecule has 0 aliphatic rings. The molecule has 1 aromatic heterocycles. The minimum Gasteiger partial charge on any atom is -0.135 e. The van der Waals surface area contributed by atoms with E-state index in [1.54, 1.807) is 0 Å². The summed E-state index contributed by atoms with van der Waals surface area (Å²) in [5.74, 6) is 0. The summed E-state index contributed by atoms with van der Waals surface area (Å²) in [6.45, 7) is 0. The summed E-state index contributed by atoms with van der Waals surface area (Å²) < 4.78 is 2.67. The van der Waals surface area contributed by atoms with Crippen LogP contribution >= 0.6 is 11.3 Å². The molecule has 0 bridgehead atoms. The highest BCUT2D eigenvalue weighted by molar-refractivity contribution is 7.25. The van der Waals surface area contributed by atoms with Crippen LogP contribution in [0.4, 0.5) is 0 Å². The zero-order valence-electron chi connectivity index (χ0n) is 25.6. The third-order valence-corrected chi connectivity index (χ3v) is 10.9. The number of thiophene rings is 1. The maximum absolute atomic E-state index is 2.41. The van der Waals surface area contributed by atoms with E-state index in [4.69, 9.17) is 0 Å². The molecule has 0 nitrogen and oxygen atoms in total. The third kappa shape index (κ3) is 4.14. The molecule has 1 heterocycles. The lowest BCUT2D eigenvalue weighted by atomic mass is 9.85. The quantitative estimate of drug-likeness (QED) is 0.174. The van der Waals surface area contributed by atoms with Crippen LogP contribution < -0.4 is 0 Å². The second-order valence-electron chi connectivity index (χ2n) is 12.5. The van der Waals surface area contributed by atoms with E-state index in [1.165, 1.54) is 96.6 Å². The molecular formula is C46H28S. The maximum Gasteiger partial charge on any atom is 0.0361 e. The molecule has 0 N–H and O–H groups in total. The van der Waals surface area contributed by atoms with Crippen molar-refractivity contribution in [2.75, 3.05) is 0 Å². The number of benzene rings is 9. The van der Waals surface area contributed by atoms with E-state index in [1.807, 2.05) is 11.3 Å². The van der Waals surface area contributed by atoms with Crippen molar-refractivity contribution in [3.63, 3.8) is 0 Å². The van der Waals surface area contributed by atoms with E-state index in [-0.39, 0.29) is 0 Å². The molecule has 10 aromatic rings. The molecular weight excluding hydrogens is 585 g/mol. The summed E-state index contributed by atoms with van der Waals surface area (Å²) >= 11 is 1.90. The van der Waals surface area contributed by atoms with Crippen molar-refractivity contribution in [1.29, 1.82) is 0 Å². The second kappa shape index (κ2) is 10.4. The zero-order valence-corrected chi connectivity index (χ0v) is 26.4. The Kier molecular flexibility index (Phi) is 5.85.